The van der Waals surface area contributed by atoms with E-state index in [0.717, 1.165) is 10.7 Å². The van der Waals surface area contributed by atoms with E-state index in [0.29, 0.717) is 12.8 Å². The Morgan fingerprint density at radius 3 is 2.70 bits per heavy atom. The number of nitrogens with zero attached hydrogens (tertiary/aromatic N) is 1. The molecule has 0 aromatic carbocycles. The Morgan fingerprint density at radius 1 is 1.45 bits per heavy atom. The minimum atomic E-state index is -3.81. The molecule has 2 aliphatic rings. The topological polar surface area (TPSA) is 97.1 Å². The van der Waals surface area contributed by atoms with Crippen molar-refractivity contribution in [3.05, 3.63) is 18.4 Å². The number of ether oxygens (including phenoxy) is 1. The van der Waals surface area contributed by atoms with Crippen LogP contribution < -0.4 is 0 Å². The molecular weight excluding hydrogens is 286 g/mol. The van der Waals surface area contributed by atoms with Gasteiger partial charge in [-0.2, -0.15) is 4.31 Å². The summed E-state index contributed by atoms with van der Waals surface area (Å²) >= 11 is 0. The number of carboxylic acids is 1. The quantitative estimate of drug-likeness (QED) is 0.881. The number of hydrogen-bond donors (Lipinski definition) is 1. The lowest BCUT2D eigenvalue weighted by atomic mass is 9.79. The third-order valence-electron chi connectivity index (χ3n) is 3.86. The van der Waals surface area contributed by atoms with Gasteiger partial charge in [0.05, 0.1) is 18.4 Å². The predicted molar refractivity (Wildman–Crippen MR) is 66.6 cm³/mol. The normalized spacial score (nSPS) is 26.3. The molecule has 1 saturated heterocycles. The Bertz CT molecular complexity index is 604. The molecule has 1 spiro atoms. The minimum Gasteiger partial charge on any atom is -0.479 e. The van der Waals surface area contributed by atoms with Crippen LogP contribution in [0, 0.1) is 0 Å². The Morgan fingerprint density at radius 2 is 2.20 bits per heavy atom. The highest BCUT2D eigenvalue weighted by Crippen LogP contribution is 2.41. The van der Waals surface area contributed by atoms with E-state index < -0.39 is 27.7 Å². The van der Waals surface area contributed by atoms with E-state index in [-0.39, 0.29) is 18.2 Å². The molecule has 0 radical (unpaired) electrons. The van der Waals surface area contributed by atoms with Crippen molar-refractivity contribution in [3.63, 3.8) is 0 Å². The molecule has 0 amide bonds. The second-order valence-electron chi connectivity index (χ2n) is 5.21. The van der Waals surface area contributed by atoms with Gasteiger partial charge in [0.2, 0.25) is 5.09 Å². The fraction of sp³-hybridized carbons (Fsp3) is 0.583. The standard InChI is InChI=1S/C12H15NO6S/c14-11(15)9-7-13(8-12(19-9)4-2-5-12)20(16,17)10-3-1-6-18-10/h1,3,6,9H,2,4-5,7-8H2,(H,14,15). The van der Waals surface area contributed by atoms with Crippen LogP contribution in [-0.4, -0.2) is 48.6 Å². The number of carboxylic acid groups (broad SMARTS) is 1. The molecule has 7 nitrogen and oxygen atoms in total. The van der Waals surface area contributed by atoms with Gasteiger partial charge in [0.25, 0.3) is 10.0 Å². The predicted octanol–water partition coefficient (Wildman–Crippen LogP) is 0.676. The summed E-state index contributed by atoms with van der Waals surface area (Å²) in [5.41, 5.74) is -0.652. The van der Waals surface area contributed by atoms with Gasteiger partial charge in [0, 0.05) is 6.54 Å². The van der Waals surface area contributed by atoms with Gasteiger partial charge in [-0.3, -0.25) is 0 Å². The van der Waals surface area contributed by atoms with Crippen molar-refractivity contribution in [2.75, 3.05) is 13.1 Å². The molecule has 8 heteroatoms. The fourth-order valence-electron chi connectivity index (χ4n) is 2.64. The maximum absolute atomic E-state index is 12.4. The molecule has 110 valence electrons. The first-order valence-electron chi connectivity index (χ1n) is 6.37. The number of hydrogen-bond acceptors (Lipinski definition) is 5. The van der Waals surface area contributed by atoms with Crippen LogP contribution in [-0.2, 0) is 19.6 Å². The Balaban J connectivity index is 1.90. The zero-order valence-electron chi connectivity index (χ0n) is 10.7. The summed E-state index contributed by atoms with van der Waals surface area (Å²) in [6.07, 6.45) is 2.43. The molecule has 1 aromatic heterocycles. The fourth-order valence-corrected chi connectivity index (χ4v) is 4.06. The molecule has 1 N–H and O–H groups in total. The Hall–Kier alpha value is -1.38. The number of morpholine rings is 1. The van der Waals surface area contributed by atoms with Crippen LogP contribution in [0.25, 0.3) is 0 Å². The first kappa shape index (κ1) is 13.6. The van der Waals surface area contributed by atoms with Gasteiger partial charge in [0.1, 0.15) is 0 Å². The number of furan rings is 1. The van der Waals surface area contributed by atoms with E-state index in [1.165, 1.54) is 18.4 Å². The van der Waals surface area contributed by atoms with Crippen molar-refractivity contribution >= 4 is 16.0 Å². The SMILES string of the molecule is O=C(O)C1CN(S(=O)(=O)c2ccco2)CC2(CCC2)O1. The minimum absolute atomic E-state index is 0.169. The monoisotopic (exact) mass is 301 g/mol. The average Bonchev–Trinajstić information content (AvgIpc) is 2.90. The van der Waals surface area contributed by atoms with Crippen molar-refractivity contribution in [1.82, 2.24) is 4.31 Å². The zero-order chi connectivity index (χ0) is 14.4. The summed E-state index contributed by atoms with van der Waals surface area (Å²) in [6.45, 7) is -0.0140. The maximum atomic E-state index is 12.4. The third kappa shape index (κ3) is 2.13. The van der Waals surface area contributed by atoms with E-state index in [2.05, 4.69) is 0 Å². The molecule has 1 aromatic rings. The summed E-state index contributed by atoms with van der Waals surface area (Å²) in [5, 5.41) is 8.97. The second kappa shape index (κ2) is 4.57. The first-order chi connectivity index (χ1) is 9.43. The van der Waals surface area contributed by atoms with Gasteiger partial charge in [-0.15, -0.1) is 0 Å². The molecule has 1 aliphatic heterocycles. The number of carbonyl (C=O) groups is 1. The number of aliphatic carboxylic acids is 1. The highest BCUT2D eigenvalue weighted by Gasteiger charge is 2.50. The van der Waals surface area contributed by atoms with E-state index in [4.69, 9.17) is 14.3 Å². The van der Waals surface area contributed by atoms with Crippen LogP contribution in [0.1, 0.15) is 19.3 Å². The van der Waals surface area contributed by atoms with Gasteiger partial charge >= 0.3 is 5.97 Å². The van der Waals surface area contributed by atoms with Crippen LogP contribution in [0.2, 0.25) is 0 Å². The summed E-state index contributed by atoms with van der Waals surface area (Å²) in [5.74, 6) is -1.14. The maximum Gasteiger partial charge on any atom is 0.334 e. The molecule has 1 saturated carbocycles. The lowest BCUT2D eigenvalue weighted by Gasteiger charge is -2.49. The molecule has 0 bridgehead atoms. The van der Waals surface area contributed by atoms with Crippen LogP contribution in [0.3, 0.4) is 0 Å². The smallest absolute Gasteiger partial charge is 0.334 e. The highest BCUT2D eigenvalue weighted by molar-refractivity contribution is 7.89. The molecule has 1 unspecified atom stereocenters. The number of rotatable bonds is 3. The van der Waals surface area contributed by atoms with Crippen LogP contribution >= 0.6 is 0 Å². The van der Waals surface area contributed by atoms with E-state index in [1.807, 2.05) is 0 Å². The Kier molecular flexibility index (Phi) is 3.11. The zero-order valence-corrected chi connectivity index (χ0v) is 11.5. The van der Waals surface area contributed by atoms with Crippen molar-refractivity contribution in [1.29, 1.82) is 0 Å². The van der Waals surface area contributed by atoms with Crippen LogP contribution in [0.4, 0.5) is 0 Å². The highest BCUT2D eigenvalue weighted by atomic mass is 32.2. The van der Waals surface area contributed by atoms with Crippen molar-refractivity contribution in [2.45, 2.75) is 36.1 Å². The summed E-state index contributed by atoms with van der Waals surface area (Å²) in [4.78, 5) is 11.2. The molecular formula is C12H15NO6S. The Labute approximate surface area is 116 Å². The third-order valence-corrected chi connectivity index (χ3v) is 5.55. The number of sulfonamides is 1. The lowest BCUT2D eigenvalue weighted by Crippen LogP contribution is -2.61. The lowest BCUT2D eigenvalue weighted by molar-refractivity contribution is -0.196. The van der Waals surface area contributed by atoms with Gasteiger partial charge in [-0.05, 0) is 31.4 Å². The first-order valence-corrected chi connectivity index (χ1v) is 7.81. The summed E-state index contributed by atoms with van der Waals surface area (Å²) < 4.78 is 36.5. The summed E-state index contributed by atoms with van der Waals surface area (Å²) in [7, 11) is -3.81. The molecule has 3 rings (SSSR count). The van der Waals surface area contributed by atoms with E-state index in [1.54, 1.807) is 0 Å². The van der Waals surface area contributed by atoms with Crippen molar-refractivity contribution in [2.24, 2.45) is 0 Å². The molecule has 1 atom stereocenters. The molecule has 2 fully saturated rings. The van der Waals surface area contributed by atoms with Gasteiger partial charge in [-0.25, -0.2) is 13.2 Å². The molecule has 1 aliphatic carbocycles. The van der Waals surface area contributed by atoms with Gasteiger partial charge in [-0.1, -0.05) is 0 Å². The largest absolute Gasteiger partial charge is 0.479 e. The molecule has 20 heavy (non-hydrogen) atoms. The average molecular weight is 301 g/mol. The van der Waals surface area contributed by atoms with E-state index in [9.17, 15) is 13.2 Å². The van der Waals surface area contributed by atoms with Crippen LogP contribution in [0.15, 0.2) is 27.9 Å². The van der Waals surface area contributed by atoms with Crippen LogP contribution in [0.5, 0.6) is 0 Å². The van der Waals surface area contributed by atoms with Crippen molar-refractivity contribution in [3.8, 4) is 0 Å². The molecule has 2 heterocycles. The van der Waals surface area contributed by atoms with Gasteiger partial charge < -0.3 is 14.3 Å². The van der Waals surface area contributed by atoms with Gasteiger partial charge in [0.15, 0.2) is 6.10 Å². The second-order valence-corrected chi connectivity index (χ2v) is 7.08. The van der Waals surface area contributed by atoms with Crippen molar-refractivity contribution < 1.29 is 27.5 Å². The van der Waals surface area contributed by atoms with E-state index >= 15 is 0 Å². The summed E-state index contributed by atoms with van der Waals surface area (Å²) in [6, 6.07) is 2.84.